The maximum Gasteiger partial charge on any atom is 0.259 e. The van der Waals surface area contributed by atoms with Crippen LogP contribution in [0.4, 0.5) is 10.2 Å². The van der Waals surface area contributed by atoms with E-state index in [2.05, 4.69) is 30.8 Å². The van der Waals surface area contributed by atoms with Gasteiger partial charge >= 0.3 is 0 Å². The summed E-state index contributed by atoms with van der Waals surface area (Å²) in [5.41, 5.74) is 2.28. The van der Waals surface area contributed by atoms with Gasteiger partial charge in [-0.3, -0.25) is 4.79 Å². The maximum absolute atomic E-state index is 14.8. The fraction of sp³-hybridized carbons (Fsp3) is 0.304. The first-order valence-electron chi connectivity index (χ1n) is 10.8. The number of carbonyl (C=O) groups is 1. The number of halogens is 1. The number of nitrogens with zero attached hydrogens (tertiary/aromatic N) is 7. The van der Waals surface area contributed by atoms with E-state index in [1.54, 1.807) is 38.4 Å². The van der Waals surface area contributed by atoms with Gasteiger partial charge in [0.25, 0.3) is 5.91 Å². The number of imidazole rings is 1. The summed E-state index contributed by atoms with van der Waals surface area (Å²) in [5.74, 6) is -0.740. The summed E-state index contributed by atoms with van der Waals surface area (Å²) in [7, 11) is 0. The van der Waals surface area contributed by atoms with Crippen LogP contribution < -0.4 is 5.32 Å². The van der Waals surface area contributed by atoms with Crippen molar-refractivity contribution < 1.29 is 14.3 Å². The van der Waals surface area contributed by atoms with Gasteiger partial charge in [-0.1, -0.05) is 6.07 Å². The summed E-state index contributed by atoms with van der Waals surface area (Å²) in [6, 6.07) is 7.64. The summed E-state index contributed by atoms with van der Waals surface area (Å²) in [4.78, 5) is 21.8. The third kappa shape index (κ3) is 4.55. The third-order valence-electron chi connectivity index (χ3n) is 5.43. The number of hydrogen-bond acceptors (Lipinski definition) is 7. The van der Waals surface area contributed by atoms with Crippen LogP contribution in [-0.4, -0.2) is 52.4 Å². The Morgan fingerprint density at radius 1 is 1.21 bits per heavy atom. The summed E-state index contributed by atoms with van der Waals surface area (Å²) in [6.45, 7) is 7.45. The largest absolute Gasteiger partial charge is 0.394 e. The highest BCUT2D eigenvalue weighted by atomic mass is 19.1. The minimum absolute atomic E-state index is 0.120. The van der Waals surface area contributed by atoms with Gasteiger partial charge in [0.05, 0.1) is 30.2 Å². The molecule has 1 atom stereocenters. The van der Waals surface area contributed by atoms with Crippen LogP contribution in [0.3, 0.4) is 0 Å². The van der Waals surface area contributed by atoms with Gasteiger partial charge in [0.2, 0.25) is 5.82 Å². The zero-order valence-corrected chi connectivity index (χ0v) is 19.3. The summed E-state index contributed by atoms with van der Waals surface area (Å²) in [5, 5.41) is 23.6. The number of aliphatic hydroxyl groups excluding tert-OH is 1. The lowest BCUT2D eigenvalue weighted by Gasteiger charge is -2.12. The lowest BCUT2D eigenvalue weighted by atomic mass is 10.0. The van der Waals surface area contributed by atoms with E-state index in [1.165, 1.54) is 16.8 Å². The van der Waals surface area contributed by atoms with Crippen LogP contribution in [0.5, 0.6) is 0 Å². The highest BCUT2D eigenvalue weighted by Crippen LogP contribution is 2.27. The SMILES string of the molecule is Cc1cc(F)c(C(=O)Nc2cccc(-c3nnnn3[C@H](C)CO)n2)cc1-c1cn(C(C)C)cn1. The molecule has 176 valence electrons. The molecule has 0 bridgehead atoms. The van der Waals surface area contributed by atoms with E-state index in [4.69, 9.17) is 0 Å². The molecule has 4 aromatic rings. The first-order chi connectivity index (χ1) is 16.3. The van der Waals surface area contributed by atoms with Crippen LogP contribution in [0, 0.1) is 12.7 Å². The number of aryl methyl sites for hydroxylation is 1. The van der Waals surface area contributed by atoms with Crippen LogP contribution in [0.15, 0.2) is 42.9 Å². The Bertz CT molecular complexity index is 1330. The standard InChI is InChI=1S/C23H25FN8O2/c1-13(2)31-10-20(25-12-31)16-9-17(18(24)8-14(16)3)23(34)27-21-7-5-6-19(26-21)22-28-29-30-32(22)15(4)11-33/h5-10,12-13,15,33H,11H2,1-4H3,(H,26,27,34)/t15-/m1/s1. The number of tetrazole rings is 1. The van der Waals surface area contributed by atoms with Crippen LogP contribution in [0.2, 0.25) is 0 Å². The van der Waals surface area contributed by atoms with E-state index < -0.39 is 11.7 Å². The lowest BCUT2D eigenvalue weighted by Crippen LogP contribution is -2.16. The first kappa shape index (κ1) is 23.2. The van der Waals surface area contributed by atoms with Gasteiger partial charge in [0.15, 0.2) is 0 Å². The minimum atomic E-state index is -0.644. The third-order valence-corrected chi connectivity index (χ3v) is 5.43. The molecular weight excluding hydrogens is 439 g/mol. The number of pyridine rings is 1. The fourth-order valence-corrected chi connectivity index (χ4v) is 3.43. The van der Waals surface area contributed by atoms with Gasteiger partial charge in [0, 0.05) is 17.8 Å². The number of benzene rings is 1. The fourth-order valence-electron chi connectivity index (χ4n) is 3.43. The van der Waals surface area contributed by atoms with E-state index in [9.17, 15) is 14.3 Å². The zero-order valence-electron chi connectivity index (χ0n) is 19.3. The molecule has 0 unspecified atom stereocenters. The van der Waals surface area contributed by atoms with Gasteiger partial charge in [-0.25, -0.2) is 19.0 Å². The van der Waals surface area contributed by atoms with Crippen LogP contribution >= 0.6 is 0 Å². The molecule has 0 saturated carbocycles. The second kappa shape index (κ2) is 9.48. The van der Waals surface area contributed by atoms with Crippen molar-refractivity contribution in [1.29, 1.82) is 0 Å². The predicted molar refractivity (Wildman–Crippen MR) is 124 cm³/mol. The Labute approximate surface area is 195 Å². The molecule has 0 aliphatic rings. The average Bonchev–Trinajstić information content (AvgIpc) is 3.49. The van der Waals surface area contributed by atoms with Gasteiger partial charge in [-0.2, -0.15) is 0 Å². The van der Waals surface area contributed by atoms with Crippen molar-refractivity contribution in [2.45, 2.75) is 39.8 Å². The number of anilines is 1. The van der Waals surface area contributed by atoms with Crippen molar-refractivity contribution in [3.05, 3.63) is 59.8 Å². The molecule has 0 radical (unpaired) electrons. The van der Waals surface area contributed by atoms with Crippen molar-refractivity contribution in [2.75, 3.05) is 11.9 Å². The number of amides is 1. The van der Waals surface area contributed by atoms with E-state index in [-0.39, 0.29) is 30.1 Å². The molecule has 2 N–H and O–H groups in total. The van der Waals surface area contributed by atoms with E-state index in [0.717, 1.165) is 0 Å². The predicted octanol–water partition coefficient (Wildman–Crippen LogP) is 3.43. The van der Waals surface area contributed by atoms with E-state index in [1.807, 2.05) is 24.6 Å². The highest BCUT2D eigenvalue weighted by Gasteiger charge is 2.19. The van der Waals surface area contributed by atoms with E-state index >= 15 is 0 Å². The van der Waals surface area contributed by atoms with Crippen molar-refractivity contribution in [3.63, 3.8) is 0 Å². The molecular formula is C23H25FN8O2. The highest BCUT2D eigenvalue weighted by molar-refractivity contribution is 6.04. The molecule has 0 spiro atoms. The number of aromatic nitrogens is 7. The van der Waals surface area contributed by atoms with Gasteiger partial charge in [-0.15, -0.1) is 5.10 Å². The Kier molecular flexibility index (Phi) is 6.46. The number of nitrogens with one attached hydrogen (secondary N) is 1. The van der Waals surface area contributed by atoms with Crippen LogP contribution in [-0.2, 0) is 0 Å². The quantitative estimate of drug-likeness (QED) is 0.429. The summed E-state index contributed by atoms with van der Waals surface area (Å²) < 4.78 is 18.1. The van der Waals surface area contributed by atoms with Crippen molar-refractivity contribution in [2.24, 2.45) is 0 Å². The summed E-state index contributed by atoms with van der Waals surface area (Å²) in [6.07, 6.45) is 3.58. The molecule has 0 fully saturated rings. The number of hydrogen-bond donors (Lipinski definition) is 2. The number of rotatable bonds is 7. The van der Waals surface area contributed by atoms with Crippen molar-refractivity contribution >= 4 is 11.7 Å². The van der Waals surface area contributed by atoms with Crippen LogP contribution in [0.1, 0.15) is 48.8 Å². The van der Waals surface area contributed by atoms with Gasteiger partial charge < -0.3 is 15.0 Å². The Morgan fingerprint density at radius 3 is 2.71 bits per heavy atom. The molecule has 10 nitrogen and oxygen atoms in total. The monoisotopic (exact) mass is 464 g/mol. The second-order valence-electron chi connectivity index (χ2n) is 8.29. The molecule has 0 aliphatic carbocycles. The molecule has 11 heteroatoms. The molecule has 0 aliphatic heterocycles. The molecule has 34 heavy (non-hydrogen) atoms. The van der Waals surface area contributed by atoms with Crippen molar-refractivity contribution in [1.82, 2.24) is 34.7 Å². The zero-order chi connectivity index (χ0) is 24.4. The Morgan fingerprint density at radius 2 is 2.00 bits per heavy atom. The number of aliphatic hydroxyl groups is 1. The Hall–Kier alpha value is -3.99. The maximum atomic E-state index is 14.8. The van der Waals surface area contributed by atoms with E-state index in [0.29, 0.717) is 28.3 Å². The minimum Gasteiger partial charge on any atom is -0.394 e. The molecule has 0 saturated heterocycles. The van der Waals surface area contributed by atoms with Crippen LogP contribution in [0.25, 0.3) is 22.8 Å². The van der Waals surface area contributed by atoms with Gasteiger partial charge in [-0.05, 0) is 68.0 Å². The molecule has 1 aromatic carbocycles. The van der Waals surface area contributed by atoms with Gasteiger partial charge in [0.1, 0.15) is 17.3 Å². The molecule has 3 aromatic heterocycles. The normalized spacial score (nSPS) is 12.2. The first-order valence-corrected chi connectivity index (χ1v) is 10.8. The molecule has 4 rings (SSSR count). The Balaban J connectivity index is 1.62. The topological polar surface area (TPSA) is 124 Å². The average molecular weight is 465 g/mol. The second-order valence-corrected chi connectivity index (χ2v) is 8.29. The molecule has 3 heterocycles. The summed E-state index contributed by atoms with van der Waals surface area (Å²) >= 11 is 0. The number of carbonyl (C=O) groups excluding carboxylic acids is 1. The smallest absolute Gasteiger partial charge is 0.259 e. The lowest BCUT2D eigenvalue weighted by molar-refractivity contribution is 0.102. The molecule has 1 amide bonds. The van der Waals surface area contributed by atoms with Crippen molar-refractivity contribution in [3.8, 4) is 22.8 Å².